The van der Waals surface area contributed by atoms with Crippen LogP contribution in [0.4, 0.5) is 4.39 Å². The van der Waals surface area contributed by atoms with E-state index in [9.17, 15) is 19.1 Å². The highest BCUT2D eigenvalue weighted by molar-refractivity contribution is 5.96. The molecule has 3 aromatic heterocycles. The number of methoxy groups -OCH3 is 1. The summed E-state index contributed by atoms with van der Waals surface area (Å²) in [6, 6.07) is 10.0. The summed E-state index contributed by atoms with van der Waals surface area (Å²) in [5.74, 6) is 1.38. The van der Waals surface area contributed by atoms with Crippen molar-refractivity contribution in [1.82, 2.24) is 24.0 Å². The molecule has 5 heterocycles. The van der Waals surface area contributed by atoms with Gasteiger partial charge in [-0.3, -0.25) is 9.59 Å². The summed E-state index contributed by atoms with van der Waals surface area (Å²) in [4.78, 5) is 30.3. The topological polar surface area (TPSA) is 118 Å². The van der Waals surface area contributed by atoms with Crippen molar-refractivity contribution in [3.05, 3.63) is 53.2 Å². The van der Waals surface area contributed by atoms with Gasteiger partial charge in [-0.15, -0.1) is 0 Å². The second kappa shape index (κ2) is 12.2. The Balaban J connectivity index is 1.14. The molecule has 1 aromatic carbocycles. The Hall–Kier alpha value is -3.96. The summed E-state index contributed by atoms with van der Waals surface area (Å²) in [5.41, 5.74) is 12.5. The van der Waals surface area contributed by atoms with Gasteiger partial charge in [-0.25, -0.2) is 8.91 Å². The Morgan fingerprint density at radius 1 is 1.02 bits per heavy atom. The summed E-state index contributed by atoms with van der Waals surface area (Å²) in [5, 5.41) is 16.1. The number of aromatic nitrogens is 3. The molecule has 8 rings (SSSR count). The molecule has 2 amide bonds. The molecule has 10 nitrogen and oxygen atoms in total. The number of nitrogens with two attached hydrogens (primary N) is 1. The number of alkyl halides is 1. The van der Waals surface area contributed by atoms with Crippen LogP contribution in [0.1, 0.15) is 72.3 Å². The standard InChI is InChI=1S/C37H45FN6O4/c1-21-33(40-44-18-25(13-32(48-2)34(21)44)37(47)42-19-27(38)14-28(39)20-42)31-12-24-4-3-5-30(35(24)43(31)15-22-6-7-22)26-16-41(17-26)36(46)23-8-10-29(45)11-9-23/h3-5,12-13,18,22-23,26-29,45H,6-11,14-17,19-20,39H2,1-2H3/t23-,27-,28-,29-/m1/s1. The van der Waals surface area contributed by atoms with Gasteiger partial charge in [-0.05, 0) is 75.5 Å². The molecule has 2 atom stereocenters. The van der Waals surface area contributed by atoms with Gasteiger partial charge in [0.25, 0.3) is 5.91 Å². The third kappa shape index (κ3) is 5.54. The van der Waals surface area contributed by atoms with Crippen molar-refractivity contribution < 1.29 is 23.8 Å². The minimum atomic E-state index is -1.14. The fraction of sp³-hybridized carbons (Fsp3) is 0.541. The maximum Gasteiger partial charge on any atom is 0.255 e. The number of hydrogen-bond acceptors (Lipinski definition) is 6. The molecule has 4 aromatic rings. The van der Waals surface area contributed by atoms with Crippen LogP contribution in [0.2, 0.25) is 0 Å². The Morgan fingerprint density at radius 3 is 2.50 bits per heavy atom. The lowest BCUT2D eigenvalue weighted by Gasteiger charge is -2.42. The first kappa shape index (κ1) is 31.3. The predicted octanol–water partition coefficient (Wildman–Crippen LogP) is 4.67. The van der Waals surface area contributed by atoms with Crippen LogP contribution in [0.5, 0.6) is 5.75 Å². The van der Waals surface area contributed by atoms with Gasteiger partial charge >= 0.3 is 0 Å². The molecule has 4 fully saturated rings. The summed E-state index contributed by atoms with van der Waals surface area (Å²) < 4.78 is 24.3. The van der Waals surface area contributed by atoms with E-state index >= 15 is 0 Å². The molecule has 0 spiro atoms. The molecule has 3 N–H and O–H groups in total. The van der Waals surface area contributed by atoms with Gasteiger partial charge in [0, 0.05) is 61.2 Å². The van der Waals surface area contributed by atoms with Crippen LogP contribution in [0.15, 0.2) is 36.5 Å². The molecule has 48 heavy (non-hydrogen) atoms. The van der Waals surface area contributed by atoms with E-state index in [1.807, 2.05) is 11.8 Å². The Bertz CT molecular complexity index is 1870. The molecular formula is C37H45FN6O4. The number of halogens is 1. The van der Waals surface area contributed by atoms with E-state index in [-0.39, 0.29) is 42.7 Å². The third-order valence-electron chi connectivity index (χ3n) is 11.1. The first-order chi connectivity index (χ1) is 23.2. The minimum Gasteiger partial charge on any atom is -0.494 e. The lowest BCUT2D eigenvalue weighted by Crippen LogP contribution is -2.51. The largest absolute Gasteiger partial charge is 0.494 e. The number of rotatable bonds is 7. The zero-order chi connectivity index (χ0) is 33.3. The number of benzene rings is 1. The number of carbonyl (C=O) groups excluding carboxylic acids is 2. The molecule has 11 heteroatoms. The summed E-state index contributed by atoms with van der Waals surface area (Å²) in [7, 11) is 1.59. The number of ether oxygens (including phenoxy) is 1. The third-order valence-corrected chi connectivity index (χ3v) is 11.1. The second-order valence-corrected chi connectivity index (χ2v) is 14.7. The van der Waals surface area contributed by atoms with Crippen LogP contribution >= 0.6 is 0 Å². The molecular weight excluding hydrogens is 611 g/mol. The second-order valence-electron chi connectivity index (χ2n) is 14.7. The van der Waals surface area contributed by atoms with Crippen LogP contribution in [0.3, 0.4) is 0 Å². The van der Waals surface area contributed by atoms with Gasteiger partial charge in [-0.1, -0.05) is 18.2 Å². The van der Waals surface area contributed by atoms with Gasteiger partial charge in [0.2, 0.25) is 5.91 Å². The highest BCUT2D eigenvalue weighted by Crippen LogP contribution is 2.42. The lowest BCUT2D eigenvalue weighted by molar-refractivity contribution is -0.141. The van der Waals surface area contributed by atoms with Gasteiger partial charge in [-0.2, -0.15) is 5.10 Å². The van der Waals surface area contributed by atoms with Gasteiger partial charge in [0.1, 0.15) is 23.1 Å². The Labute approximate surface area is 279 Å². The highest BCUT2D eigenvalue weighted by atomic mass is 19.1. The number of carbonyl (C=O) groups is 2. The van der Waals surface area contributed by atoms with Crippen molar-refractivity contribution in [3.63, 3.8) is 0 Å². The van der Waals surface area contributed by atoms with E-state index in [1.54, 1.807) is 23.9 Å². The van der Waals surface area contributed by atoms with E-state index < -0.39 is 12.2 Å². The zero-order valence-corrected chi connectivity index (χ0v) is 27.8. The van der Waals surface area contributed by atoms with Crippen molar-refractivity contribution in [1.29, 1.82) is 0 Å². The Kier molecular flexibility index (Phi) is 7.94. The van der Waals surface area contributed by atoms with Crippen LogP contribution in [-0.4, -0.2) is 92.5 Å². The number of aliphatic hydroxyl groups excluding tert-OH is 1. The monoisotopic (exact) mass is 656 g/mol. The van der Waals surface area contributed by atoms with Crippen LogP contribution in [-0.2, 0) is 11.3 Å². The van der Waals surface area contributed by atoms with E-state index in [2.05, 4.69) is 28.8 Å². The van der Waals surface area contributed by atoms with Gasteiger partial charge in [0.15, 0.2) is 0 Å². The van der Waals surface area contributed by atoms with E-state index in [0.29, 0.717) is 49.7 Å². The first-order valence-corrected chi connectivity index (χ1v) is 17.5. The summed E-state index contributed by atoms with van der Waals surface area (Å²) >= 11 is 0. The van der Waals surface area contributed by atoms with Crippen molar-refractivity contribution >= 4 is 28.2 Å². The lowest BCUT2D eigenvalue weighted by atomic mass is 9.83. The zero-order valence-electron chi connectivity index (χ0n) is 27.8. The van der Waals surface area contributed by atoms with Crippen molar-refractivity contribution in [2.24, 2.45) is 17.6 Å². The summed E-state index contributed by atoms with van der Waals surface area (Å²) in [6.07, 6.45) is 5.93. The molecule has 4 aliphatic rings. The van der Waals surface area contributed by atoms with E-state index in [1.165, 1.54) is 28.8 Å². The number of fused-ring (bicyclic) bond motifs is 2. The molecule has 2 saturated heterocycles. The van der Waals surface area contributed by atoms with Crippen molar-refractivity contribution in [3.8, 4) is 17.1 Å². The smallest absolute Gasteiger partial charge is 0.255 e. The maximum atomic E-state index is 14.3. The first-order valence-electron chi connectivity index (χ1n) is 17.5. The van der Waals surface area contributed by atoms with E-state index in [4.69, 9.17) is 15.6 Å². The fourth-order valence-corrected chi connectivity index (χ4v) is 8.29. The molecule has 2 saturated carbocycles. The normalized spacial score (nSPS) is 25.1. The van der Waals surface area contributed by atoms with Crippen LogP contribution < -0.4 is 10.5 Å². The predicted molar refractivity (Wildman–Crippen MR) is 181 cm³/mol. The highest BCUT2D eigenvalue weighted by Gasteiger charge is 2.38. The molecule has 0 unspecified atom stereocenters. The minimum absolute atomic E-state index is 0.0253. The van der Waals surface area contributed by atoms with Crippen molar-refractivity contribution in [2.75, 3.05) is 33.3 Å². The average Bonchev–Trinajstić information content (AvgIpc) is 3.71. The number of pyridine rings is 1. The number of amides is 2. The molecule has 2 aliphatic heterocycles. The maximum absolute atomic E-state index is 14.3. The van der Waals surface area contributed by atoms with Crippen LogP contribution in [0.25, 0.3) is 27.8 Å². The fourth-order valence-electron chi connectivity index (χ4n) is 8.29. The quantitative estimate of drug-likeness (QED) is 0.299. The molecule has 254 valence electrons. The molecule has 0 radical (unpaired) electrons. The Morgan fingerprint density at radius 2 is 1.79 bits per heavy atom. The average molecular weight is 657 g/mol. The number of nitrogens with zero attached hydrogens (tertiary/aromatic N) is 5. The SMILES string of the molecule is COc1cc(C(=O)N2C[C@H](N)C[C@@H](F)C2)cn2nc(-c3cc4cccc(C5CN(C(=O)[C@H]6CC[C@H](O)CC6)C5)c4n3CC3CC3)c(C)c12. The van der Waals surface area contributed by atoms with Crippen molar-refractivity contribution in [2.45, 2.75) is 82.6 Å². The number of aliphatic hydroxyl groups is 1. The van der Waals surface area contributed by atoms with Gasteiger partial charge < -0.3 is 29.9 Å². The summed E-state index contributed by atoms with van der Waals surface area (Å²) in [6.45, 7) is 4.70. The van der Waals surface area contributed by atoms with E-state index in [0.717, 1.165) is 47.2 Å². The van der Waals surface area contributed by atoms with Crippen LogP contribution in [0, 0.1) is 18.8 Å². The number of aryl methyl sites for hydroxylation is 1. The molecule has 2 aliphatic carbocycles. The number of hydrogen-bond donors (Lipinski definition) is 2. The number of piperidine rings is 1. The molecule has 0 bridgehead atoms. The number of para-hydroxylation sites is 1. The van der Waals surface area contributed by atoms with Gasteiger partial charge in [0.05, 0.1) is 36.5 Å². The number of likely N-dealkylation sites (tertiary alicyclic amines) is 2.